The first-order chi connectivity index (χ1) is 19.5. The van der Waals surface area contributed by atoms with Crippen LogP contribution in [0, 0.1) is 12.8 Å². The molecule has 212 valence electrons. The number of aryl methyl sites for hydroxylation is 1. The van der Waals surface area contributed by atoms with Gasteiger partial charge in [0, 0.05) is 22.9 Å². The number of sulfonamides is 1. The van der Waals surface area contributed by atoms with Crippen molar-refractivity contribution in [2.75, 3.05) is 0 Å². The summed E-state index contributed by atoms with van der Waals surface area (Å²) >= 11 is 0. The fourth-order valence-corrected chi connectivity index (χ4v) is 6.50. The average molecular weight is 577 g/mol. The minimum absolute atomic E-state index is 0.101. The zero-order valence-corrected chi connectivity index (χ0v) is 23.3. The SMILES string of the molecule is Cc1c(C(=O)NC2(S(=O)(=O)N[C@H](C(=O)O)C(C)C)C=CC(c3ccccc3)=CC2)oc2cccc(-c3nn[nH]n3)c12. The van der Waals surface area contributed by atoms with Crippen LogP contribution in [-0.4, -0.2) is 56.9 Å². The van der Waals surface area contributed by atoms with Crippen molar-refractivity contribution < 1.29 is 27.5 Å². The molecular formula is C28H28N6O6S. The lowest BCUT2D eigenvalue weighted by molar-refractivity contribution is -0.140. The summed E-state index contributed by atoms with van der Waals surface area (Å²) in [4.78, 5) is 23.6. The predicted molar refractivity (Wildman–Crippen MR) is 151 cm³/mol. The number of carboxylic acids is 1. The normalized spacial score (nSPS) is 17.9. The number of aromatic nitrogens is 4. The van der Waals surface area contributed by atoms with Gasteiger partial charge in [-0.25, -0.2) is 8.42 Å². The van der Waals surface area contributed by atoms with Gasteiger partial charge in [-0.1, -0.05) is 68.5 Å². The number of fused-ring (bicyclic) bond motifs is 1. The molecule has 41 heavy (non-hydrogen) atoms. The molecule has 2 aromatic heterocycles. The number of hydrogen-bond donors (Lipinski definition) is 4. The Morgan fingerprint density at radius 2 is 1.88 bits per heavy atom. The topological polar surface area (TPSA) is 180 Å². The van der Waals surface area contributed by atoms with E-state index in [2.05, 4.69) is 30.7 Å². The predicted octanol–water partition coefficient (Wildman–Crippen LogP) is 3.42. The largest absolute Gasteiger partial charge is 0.480 e. The number of nitrogens with zero attached hydrogens (tertiary/aromatic N) is 3. The van der Waals surface area contributed by atoms with Gasteiger partial charge < -0.3 is 14.8 Å². The minimum Gasteiger partial charge on any atom is -0.480 e. The molecule has 0 radical (unpaired) electrons. The van der Waals surface area contributed by atoms with Crippen LogP contribution in [0.2, 0.25) is 0 Å². The molecule has 4 aromatic rings. The van der Waals surface area contributed by atoms with Crippen LogP contribution in [0.25, 0.3) is 27.9 Å². The molecule has 1 aliphatic carbocycles. The van der Waals surface area contributed by atoms with E-state index in [1.54, 1.807) is 51.1 Å². The number of rotatable bonds is 9. The summed E-state index contributed by atoms with van der Waals surface area (Å²) in [5.74, 6) is -2.47. The number of tetrazole rings is 1. The monoisotopic (exact) mass is 576 g/mol. The molecule has 13 heteroatoms. The molecular weight excluding hydrogens is 548 g/mol. The van der Waals surface area contributed by atoms with Crippen LogP contribution in [0.4, 0.5) is 0 Å². The zero-order valence-electron chi connectivity index (χ0n) is 22.5. The summed E-state index contributed by atoms with van der Waals surface area (Å²) in [5, 5.41) is 26.9. The van der Waals surface area contributed by atoms with Crippen molar-refractivity contribution in [3.63, 3.8) is 0 Å². The Kier molecular flexibility index (Phi) is 7.32. The van der Waals surface area contributed by atoms with Gasteiger partial charge in [-0.15, -0.1) is 10.2 Å². The first kappa shape index (κ1) is 27.9. The Hall–Kier alpha value is -4.62. The van der Waals surface area contributed by atoms with E-state index in [0.29, 0.717) is 27.9 Å². The molecule has 2 aromatic carbocycles. The van der Waals surface area contributed by atoms with Crippen molar-refractivity contribution >= 4 is 38.4 Å². The molecule has 1 aliphatic rings. The zero-order chi connectivity index (χ0) is 29.4. The first-order valence-corrected chi connectivity index (χ1v) is 14.3. The molecule has 0 saturated heterocycles. The van der Waals surface area contributed by atoms with Gasteiger partial charge >= 0.3 is 5.97 Å². The number of hydrogen-bond acceptors (Lipinski definition) is 8. The first-order valence-electron chi connectivity index (χ1n) is 12.8. The lowest BCUT2D eigenvalue weighted by atomic mass is 9.96. The summed E-state index contributed by atoms with van der Waals surface area (Å²) in [6.07, 6.45) is 4.51. The summed E-state index contributed by atoms with van der Waals surface area (Å²) < 4.78 is 36.0. The molecule has 0 saturated carbocycles. The fraction of sp³-hybridized carbons (Fsp3) is 0.250. The van der Waals surface area contributed by atoms with Crippen molar-refractivity contribution in [1.82, 2.24) is 30.7 Å². The van der Waals surface area contributed by atoms with Gasteiger partial charge in [0.2, 0.25) is 15.8 Å². The molecule has 0 fully saturated rings. The van der Waals surface area contributed by atoms with Gasteiger partial charge in [0.25, 0.3) is 5.91 Å². The Labute approximate surface area is 235 Å². The van der Waals surface area contributed by atoms with Crippen molar-refractivity contribution in [3.05, 3.63) is 83.6 Å². The minimum atomic E-state index is -4.50. The van der Waals surface area contributed by atoms with Gasteiger partial charge in [0.15, 0.2) is 10.6 Å². The molecule has 1 amide bonds. The molecule has 2 atom stereocenters. The summed E-state index contributed by atoms with van der Waals surface area (Å²) in [6.45, 7) is 4.86. The van der Waals surface area contributed by atoms with E-state index in [-0.39, 0.29) is 12.2 Å². The lowest BCUT2D eigenvalue weighted by Gasteiger charge is -2.34. The summed E-state index contributed by atoms with van der Waals surface area (Å²) in [6, 6.07) is 13.1. The van der Waals surface area contributed by atoms with Crippen LogP contribution in [0.5, 0.6) is 0 Å². The smallest absolute Gasteiger partial charge is 0.321 e. The van der Waals surface area contributed by atoms with Crippen LogP contribution in [0.3, 0.4) is 0 Å². The van der Waals surface area contributed by atoms with Gasteiger partial charge in [-0.05, 0) is 41.3 Å². The summed E-state index contributed by atoms with van der Waals surface area (Å²) in [5.41, 5.74) is 3.02. The van der Waals surface area contributed by atoms with Crippen molar-refractivity contribution in [3.8, 4) is 11.4 Å². The average Bonchev–Trinajstić information content (AvgIpc) is 3.61. The quantitative estimate of drug-likeness (QED) is 0.232. The number of carbonyl (C=O) groups excluding carboxylic acids is 1. The van der Waals surface area contributed by atoms with Gasteiger partial charge in [0.1, 0.15) is 11.6 Å². The third-order valence-electron chi connectivity index (χ3n) is 7.03. The van der Waals surface area contributed by atoms with Crippen molar-refractivity contribution in [2.24, 2.45) is 5.92 Å². The van der Waals surface area contributed by atoms with E-state index in [1.807, 2.05) is 30.3 Å². The van der Waals surface area contributed by atoms with E-state index in [9.17, 15) is 23.1 Å². The molecule has 1 unspecified atom stereocenters. The molecule has 2 heterocycles. The molecule has 5 rings (SSSR count). The van der Waals surface area contributed by atoms with E-state index in [1.165, 1.54) is 6.08 Å². The maximum atomic E-state index is 13.9. The van der Waals surface area contributed by atoms with E-state index in [0.717, 1.165) is 11.1 Å². The van der Waals surface area contributed by atoms with Crippen molar-refractivity contribution in [2.45, 2.75) is 38.1 Å². The number of nitrogens with one attached hydrogen (secondary N) is 3. The standard InChI is InChI=1S/C28H28N6O6S/c1-16(2)23(27(36)37)32-41(38,39)28(14-12-19(13-15-28)18-8-5-4-6-9-18)29-26(35)24-17(3)22-20(25-30-33-34-31-25)10-7-11-21(22)40-24/h4-14,16,23,32H,15H2,1-3H3,(H,29,35)(H,36,37)(H,30,31,33,34)/t23-,28?/m0/s1. The van der Waals surface area contributed by atoms with E-state index in [4.69, 9.17) is 4.42 Å². The lowest BCUT2D eigenvalue weighted by Crippen LogP contribution is -2.60. The van der Waals surface area contributed by atoms with Gasteiger partial charge in [-0.2, -0.15) is 9.94 Å². The Morgan fingerprint density at radius 1 is 1.12 bits per heavy atom. The number of amides is 1. The number of aromatic amines is 1. The second-order valence-electron chi connectivity index (χ2n) is 10.1. The second-order valence-corrected chi connectivity index (χ2v) is 12.0. The van der Waals surface area contributed by atoms with Crippen LogP contribution < -0.4 is 10.0 Å². The van der Waals surface area contributed by atoms with Crippen LogP contribution >= 0.6 is 0 Å². The number of H-pyrrole nitrogens is 1. The molecule has 0 bridgehead atoms. The van der Waals surface area contributed by atoms with E-state index >= 15 is 0 Å². The van der Waals surface area contributed by atoms with Crippen LogP contribution in [0.1, 0.15) is 41.9 Å². The van der Waals surface area contributed by atoms with Gasteiger partial charge in [-0.3, -0.25) is 9.59 Å². The summed E-state index contributed by atoms with van der Waals surface area (Å²) in [7, 11) is -4.50. The fourth-order valence-electron chi connectivity index (χ4n) is 4.80. The Balaban J connectivity index is 1.55. The highest BCUT2D eigenvalue weighted by Crippen LogP contribution is 2.35. The number of aliphatic carboxylic acids is 1. The number of benzene rings is 2. The third kappa shape index (κ3) is 5.16. The third-order valence-corrected chi connectivity index (χ3v) is 8.96. The number of allylic oxidation sites excluding steroid dienone is 2. The Bertz CT molecular complexity index is 1780. The van der Waals surface area contributed by atoms with Crippen LogP contribution in [0.15, 0.2) is 71.2 Å². The maximum Gasteiger partial charge on any atom is 0.321 e. The highest BCUT2D eigenvalue weighted by Gasteiger charge is 2.46. The van der Waals surface area contributed by atoms with Gasteiger partial charge in [0.05, 0.1) is 0 Å². The second kappa shape index (κ2) is 10.7. The van der Waals surface area contributed by atoms with Crippen LogP contribution in [-0.2, 0) is 14.8 Å². The Morgan fingerprint density at radius 3 is 2.49 bits per heavy atom. The highest BCUT2D eigenvalue weighted by molar-refractivity contribution is 7.91. The number of carbonyl (C=O) groups is 2. The van der Waals surface area contributed by atoms with E-state index < -0.39 is 38.7 Å². The molecule has 12 nitrogen and oxygen atoms in total. The maximum absolute atomic E-state index is 13.9. The number of carboxylic acid groups (broad SMARTS) is 1. The van der Waals surface area contributed by atoms with Crippen molar-refractivity contribution in [1.29, 1.82) is 0 Å². The highest BCUT2D eigenvalue weighted by atomic mass is 32.2. The molecule has 4 N–H and O–H groups in total. The molecule has 0 spiro atoms. The molecule has 0 aliphatic heterocycles. The number of furan rings is 1.